The van der Waals surface area contributed by atoms with Crippen LogP contribution in [0.4, 0.5) is 5.69 Å². The largest absolute Gasteiger partial charge is 0.368 e. The Morgan fingerprint density at radius 3 is 2.62 bits per heavy atom. The Kier molecular flexibility index (Phi) is 7.97. The number of nitrogens with one attached hydrogen (secondary N) is 1. The summed E-state index contributed by atoms with van der Waals surface area (Å²) in [6.45, 7) is 8.71. The van der Waals surface area contributed by atoms with Gasteiger partial charge in [-0.25, -0.2) is 4.98 Å². The van der Waals surface area contributed by atoms with Gasteiger partial charge < -0.3 is 15.1 Å². The minimum atomic E-state index is 0. The summed E-state index contributed by atoms with van der Waals surface area (Å²) in [6, 6.07) is 6.09. The summed E-state index contributed by atoms with van der Waals surface area (Å²) in [5.41, 5.74) is 2.49. The Hall–Kier alpha value is -1.06. The van der Waals surface area contributed by atoms with Crippen LogP contribution in [0.15, 0.2) is 29.4 Å². The molecule has 0 spiro atoms. The van der Waals surface area contributed by atoms with Gasteiger partial charge in [0, 0.05) is 55.0 Å². The molecule has 2 heterocycles. The maximum atomic E-state index is 6.17. The molecule has 26 heavy (non-hydrogen) atoms. The number of halogens is 2. The molecule has 1 aromatic carbocycles. The molecule has 0 saturated carbocycles. The van der Waals surface area contributed by atoms with Gasteiger partial charge in [0.25, 0.3) is 0 Å². The fourth-order valence-electron chi connectivity index (χ4n) is 3.05. The quantitative estimate of drug-likeness (QED) is 0.390. The summed E-state index contributed by atoms with van der Waals surface area (Å²) in [4.78, 5) is 14.8. The second-order valence-corrected chi connectivity index (χ2v) is 7.93. The van der Waals surface area contributed by atoms with Crippen LogP contribution in [0.3, 0.4) is 0 Å². The first kappa shape index (κ1) is 21.2. The standard InChI is InChI=1S/C18H24ClN5S.HI/c1-13-4-5-15(19)10-16(13)23-6-8-24(9-7-23)18(20-3)22-12-17-21-11-14(2)25-17;/h4-5,10-11H,6-9,12H2,1-3H3,(H,20,22);1H. The van der Waals surface area contributed by atoms with Gasteiger partial charge in [-0.3, -0.25) is 4.99 Å². The van der Waals surface area contributed by atoms with Crippen LogP contribution in [0.25, 0.3) is 0 Å². The van der Waals surface area contributed by atoms with Crippen LogP contribution in [0.5, 0.6) is 0 Å². The molecule has 1 aromatic heterocycles. The second-order valence-electron chi connectivity index (χ2n) is 6.17. The number of hydrogen-bond donors (Lipinski definition) is 1. The van der Waals surface area contributed by atoms with Gasteiger partial charge >= 0.3 is 0 Å². The first-order valence-electron chi connectivity index (χ1n) is 8.45. The van der Waals surface area contributed by atoms with Crippen LogP contribution in [-0.4, -0.2) is 49.1 Å². The van der Waals surface area contributed by atoms with E-state index >= 15 is 0 Å². The van der Waals surface area contributed by atoms with Crippen LogP contribution in [-0.2, 0) is 6.54 Å². The first-order chi connectivity index (χ1) is 12.1. The average molecular weight is 506 g/mol. The third-order valence-corrected chi connectivity index (χ3v) is 5.52. The Labute approximate surface area is 181 Å². The average Bonchev–Trinajstić information content (AvgIpc) is 3.03. The molecular formula is C18H25ClIN5S. The molecule has 0 atom stereocenters. The van der Waals surface area contributed by atoms with Crippen molar-refractivity contribution in [2.75, 3.05) is 38.1 Å². The minimum absolute atomic E-state index is 0. The van der Waals surface area contributed by atoms with E-state index in [-0.39, 0.29) is 24.0 Å². The van der Waals surface area contributed by atoms with Gasteiger partial charge in [0.1, 0.15) is 5.01 Å². The zero-order valence-electron chi connectivity index (χ0n) is 15.3. The van der Waals surface area contributed by atoms with Crippen molar-refractivity contribution >= 4 is 58.6 Å². The lowest BCUT2D eigenvalue weighted by Crippen LogP contribution is -2.52. The zero-order chi connectivity index (χ0) is 17.8. The second kappa shape index (κ2) is 9.75. The van der Waals surface area contributed by atoms with E-state index in [4.69, 9.17) is 11.6 Å². The molecule has 3 rings (SSSR count). The first-order valence-corrected chi connectivity index (χ1v) is 9.64. The van der Waals surface area contributed by atoms with Crippen molar-refractivity contribution < 1.29 is 0 Å². The highest BCUT2D eigenvalue weighted by Gasteiger charge is 2.21. The van der Waals surface area contributed by atoms with Gasteiger partial charge in [-0.15, -0.1) is 35.3 Å². The van der Waals surface area contributed by atoms with E-state index in [1.807, 2.05) is 19.3 Å². The van der Waals surface area contributed by atoms with Gasteiger partial charge in [-0.05, 0) is 31.5 Å². The molecule has 142 valence electrons. The molecule has 8 heteroatoms. The van der Waals surface area contributed by atoms with Gasteiger partial charge in [-0.1, -0.05) is 17.7 Å². The van der Waals surface area contributed by atoms with Crippen molar-refractivity contribution in [2.45, 2.75) is 20.4 Å². The summed E-state index contributed by atoms with van der Waals surface area (Å²) < 4.78 is 0. The highest BCUT2D eigenvalue weighted by molar-refractivity contribution is 14.0. The number of anilines is 1. The lowest BCUT2D eigenvalue weighted by atomic mass is 10.1. The number of hydrogen-bond acceptors (Lipinski definition) is 4. The van der Waals surface area contributed by atoms with Crippen molar-refractivity contribution in [3.63, 3.8) is 0 Å². The lowest BCUT2D eigenvalue weighted by Gasteiger charge is -2.38. The number of thiazole rings is 1. The topological polar surface area (TPSA) is 43.8 Å². The van der Waals surface area contributed by atoms with E-state index in [0.29, 0.717) is 0 Å². The SMILES string of the molecule is CN=C(NCc1ncc(C)s1)N1CCN(c2cc(Cl)ccc2C)CC1.I. The van der Waals surface area contributed by atoms with E-state index in [1.165, 1.54) is 16.1 Å². The normalized spacial score (nSPS) is 15.0. The number of nitrogens with zero attached hydrogens (tertiary/aromatic N) is 4. The monoisotopic (exact) mass is 505 g/mol. The van der Waals surface area contributed by atoms with Gasteiger partial charge in [0.2, 0.25) is 0 Å². The van der Waals surface area contributed by atoms with Crippen molar-refractivity contribution in [1.82, 2.24) is 15.2 Å². The smallest absolute Gasteiger partial charge is 0.194 e. The van der Waals surface area contributed by atoms with Crippen LogP contribution in [0.1, 0.15) is 15.4 Å². The molecule has 0 aliphatic carbocycles. The predicted molar refractivity (Wildman–Crippen MR) is 122 cm³/mol. The maximum absolute atomic E-state index is 6.17. The van der Waals surface area contributed by atoms with E-state index in [9.17, 15) is 0 Å². The Morgan fingerprint density at radius 2 is 2.00 bits per heavy atom. The molecule has 0 unspecified atom stereocenters. The van der Waals surface area contributed by atoms with Crippen molar-refractivity contribution in [3.05, 3.63) is 44.9 Å². The van der Waals surface area contributed by atoms with Crippen molar-refractivity contribution in [1.29, 1.82) is 0 Å². The van der Waals surface area contributed by atoms with E-state index < -0.39 is 0 Å². The molecule has 1 saturated heterocycles. The molecular weight excluding hydrogens is 481 g/mol. The Bertz CT molecular complexity index is 756. The number of piperazine rings is 1. The molecule has 1 aliphatic heterocycles. The number of benzene rings is 1. The van der Waals surface area contributed by atoms with Gasteiger partial charge in [0.05, 0.1) is 6.54 Å². The Balaban J connectivity index is 0.00000243. The highest BCUT2D eigenvalue weighted by Crippen LogP contribution is 2.25. The third-order valence-electron chi connectivity index (χ3n) is 4.37. The number of aliphatic imine (C=N–C) groups is 1. The van der Waals surface area contributed by atoms with Crippen LogP contribution < -0.4 is 10.2 Å². The predicted octanol–water partition coefficient (Wildman–Crippen LogP) is 3.93. The zero-order valence-corrected chi connectivity index (χ0v) is 19.2. The van der Waals surface area contributed by atoms with Crippen molar-refractivity contribution in [2.24, 2.45) is 4.99 Å². The number of guanidine groups is 1. The van der Waals surface area contributed by atoms with E-state index in [1.54, 1.807) is 11.3 Å². The Morgan fingerprint density at radius 1 is 1.27 bits per heavy atom. The summed E-state index contributed by atoms with van der Waals surface area (Å²) in [5, 5.41) is 5.31. The molecule has 1 aliphatic rings. The van der Waals surface area contributed by atoms with Crippen LogP contribution >= 0.6 is 46.9 Å². The van der Waals surface area contributed by atoms with Crippen LogP contribution in [0, 0.1) is 13.8 Å². The molecule has 0 radical (unpaired) electrons. The van der Waals surface area contributed by atoms with Gasteiger partial charge in [0.15, 0.2) is 5.96 Å². The van der Waals surface area contributed by atoms with Gasteiger partial charge in [-0.2, -0.15) is 0 Å². The summed E-state index contributed by atoms with van der Waals surface area (Å²) in [5.74, 6) is 0.940. The van der Waals surface area contributed by atoms with E-state index in [0.717, 1.165) is 48.7 Å². The number of rotatable bonds is 3. The molecule has 0 bridgehead atoms. The number of aryl methyl sites for hydroxylation is 2. The van der Waals surface area contributed by atoms with Crippen LogP contribution in [0.2, 0.25) is 5.02 Å². The highest BCUT2D eigenvalue weighted by atomic mass is 127. The summed E-state index contributed by atoms with van der Waals surface area (Å²) in [6.07, 6.45) is 1.91. The summed E-state index contributed by atoms with van der Waals surface area (Å²) >= 11 is 7.89. The van der Waals surface area contributed by atoms with Crippen molar-refractivity contribution in [3.8, 4) is 0 Å². The lowest BCUT2D eigenvalue weighted by molar-refractivity contribution is 0.372. The third kappa shape index (κ3) is 5.23. The fourth-order valence-corrected chi connectivity index (χ4v) is 3.95. The number of aromatic nitrogens is 1. The van der Waals surface area contributed by atoms with E-state index in [2.05, 4.69) is 51.1 Å². The fraction of sp³-hybridized carbons (Fsp3) is 0.444. The summed E-state index contributed by atoms with van der Waals surface area (Å²) in [7, 11) is 1.84. The maximum Gasteiger partial charge on any atom is 0.194 e. The molecule has 1 fully saturated rings. The molecule has 2 aromatic rings. The molecule has 1 N–H and O–H groups in total. The molecule has 5 nitrogen and oxygen atoms in total. The molecule has 0 amide bonds. The minimum Gasteiger partial charge on any atom is -0.368 e.